The normalized spacial score (nSPS) is 16.7. The minimum atomic E-state index is -3.22. The second kappa shape index (κ2) is 6.00. The van der Waals surface area contributed by atoms with E-state index < -0.39 is 21.5 Å². The van der Waals surface area contributed by atoms with E-state index in [2.05, 4.69) is 16.7 Å². The zero-order valence-electron chi connectivity index (χ0n) is 9.45. The molecule has 1 heterocycles. The Morgan fingerprint density at radius 3 is 2.88 bits per heavy atom. The van der Waals surface area contributed by atoms with Gasteiger partial charge in [-0.15, -0.1) is 0 Å². The third kappa shape index (κ3) is 5.87. The molecule has 6 heteroatoms. The van der Waals surface area contributed by atoms with Crippen LogP contribution in [0.1, 0.15) is 12.8 Å². The second-order valence-electron chi connectivity index (χ2n) is 3.99. The standard InChI is InChI=1S/C10H18N2O3S/c1-16(14,15)8-10(13)12-7-4-9-2-5-11-6-3-9/h2,11H,3-8H2,1H3,(H,12,13). The Morgan fingerprint density at radius 1 is 1.56 bits per heavy atom. The number of hydrogen-bond donors (Lipinski definition) is 2. The summed E-state index contributed by atoms with van der Waals surface area (Å²) in [5.41, 5.74) is 1.32. The first-order valence-corrected chi connectivity index (χ1v) is 7.36. The fourth-order valence-corrected chi connectivity index (χ4v) is 2.13. The van der Waals surface area contributed by atoms with Crippen LogP contribution in [0.2, 0.25) is 0 Å². The van der Waals surface area contributed by atoms with Crippen LogP contribution in [0.15, 0.2) is 11.6 Å². The third-order valence-electron chi connectivity index (χ3n) is 2.32. The smallest absolute Gasteiger partial charge is 0.235 e. The van der Waals surface area contributed by atoms with Gasteiger partial charge >= 0.3 is 0 Å². The summed E-state index contributed by atoms with van der Waals surface area (Å²) < 4.78 is 21.7. The molecule has 92 valence electrons. The summed E-state index contributed by atoms with van der Waals surface area (Å²) in [5, 5.41) is 5.81. The average Bonchev–Trinajstić information content (AvgIpc) is 2.16. The highest BCUT2D eigenvalue weighted by molar-refractivity contribution is 7.91. The Hall–Kier alpha value is -0.880. The second-order valence-corrected chi connectivity index (χ2v) is 6.13. The number of hydrogen-bond acceptors (Lipinski definition) is 4. The summed E-state index contributed by atoms with van der Waals surface area (Å²) in [4.78, 5) is 11.2. The quantitative estimate of drug-likeness (QED) is 0.639. The first-order chi connectivity index (χ1) is 7.47. The van der Waals surface area contributed by atoms with Crippen LogP contribution in [0, 0.1) is 0 Å². The van der Waals surface area contributed by atoms with Gasteiger partial charge in [-0.3, -0.25) is 4.79 Å². The Balaban J connectivity index is 2.20. The van der Waals surface area contributed by atoms with Crippen molar-refractivity contribution in [1.82, 2.24) is 10.6 Å². The Morgan fingerprint density at radius 2 is 2.31 bits per heavy atom. The van der Waals surface area contributed by atoms with Crippen molar-refractivity contribution in [2.45, 2.75) is 12.8 Å². The molecule has 0 saturated carbocycles. The maximum absolute atomic E-state index is 11.2. The molecule has 0 aromatic carbocycles. The maximum Gasteiger partial charge on any atom is 0.235 e. The van der Waals surface area contributed by atoms with Crippen LogP contribution in [0.5, 0.6) is 0 Å². The van der Waals surface area contributed by atoms with E-state index in [0.717, 1.165) is 32.2 Å². The fourth-order valence-electron chi connectivity index (χ4n) is 1.55. The Bertz CT molecular complexity index is 374. The van der Waals surface area contributed by atoms with Crippen molar-refractivity contribution in [3.05, 3.63) is 11.6 Å². The van der Waals surface area contributed by atoms with Gasteiger partial charge in [0.25, 0.3) is 0 Å². The number of amides is 1. The molecule has 0 fully saturated rings. The van der Waals surface area contributed by atoms with Gasteiger partial charge in [0, 0.05) is 19.3 Å². The minimum Gasteiger partial charge on any atom is -0.355 e. The average molecular weight is 246 g/mol. The molecular formula is C10H18N2O3S. The Kier molecular flexibility index (Phi) is 4.95. The molecule has 0 aromatic heterocycles. The lowest BCUT2D eigenvalue weighted by molar-refractivity contribution is -0.118. The molecule has 5 nitrogen and oxygen atoms in total. The molecular weight excluding hydrogens is 228 g/mol. The van der Waals surface area contributed by atoms with E-state index >= 15 is 0 Å². The number of carbonyl (C=O) groups is 1. The number of nitrogens with one attached hydrogen (secondary N) is 2. The van der Waals surface area contributed by atoms with Gasteiger partial charge in [0.15, 0.2) is 9.84 Å². The molecule has 0 bridgehead atoms. The van der Waals surface area contributed by atoms with Crippen LogP contribution in [0.25, 0.3) is 0 Å². The zero-order valence-corrected chi connectivity index (χ0v) is 10.3. The van der Waals surface area contributed by atoms with Crippen LogP contribution >= 0.6 is 0 Å². The van der Waals surface area contributed by atoms with E-state index in [1.54, 1.807) is 0 Å². The van der Waals surface area contributed by atoms with Crippen LogP contribution in [-0.2, 0) is 14.6 Å². The molecule has 2 N–H and O–H groups in total. The predicted octanol–water partition coefficient (Wildman–Crippen LogP) is -0.543. The van der Waals surface area contributed by atoms with Gasteiger partial charge < -0.3 is 10.6 Å². The topological polar surface area (TPSA) is 75.3 Å². The first kappa shape index (κ1) is 13.2. The third-order valence-corrected chi connectivity index (χ3v) is 3.11. The highest BCUT2D eigenvalue weighted by Gasteiger charge is 2.10. The largest absolute Gasteiger partial charge is 0.355 e. The number of carbonyl (C=O) groups excluding carboxylic acids is 1. The molecule has 16 heavy (non-hydrogen) atoms. The molecule has 1 aliphatic rings. The molecule has 0 aliphatic carbocycles. The van der Waals surface area contributed by atoms with E-state index in [1.165, 1.54) is 5.57 Å². The van der Waals surface area contributed by atoms with E-state index in [9.17, 15) is 13.2 Å². The molecule has 0 spiro atoms. The van der Waals surface area contributed by atoms with Crippen LogP contribution in [-0.4, -0.2) is 46.0 Å². The lowest BCUT2D eigenvalue weighted by Crippen LogP contribution is -2.31. The van der Waals surface area contributed by atoms with E-state index in [0.29, 0.717) is 6.54 Å². The van der Waals surface area contributed by atoms with Gasteiger partial charge in [0.05, 0.1) is 0 Å². The summed E-state index contributed by atoms with van der Waals surface area (Å²) in [5.74, 6) is -0.842. The van der Waals surface area contributed by atoms with Crippen molar-refractivity contribution in [3.63, 3.8) is 0 Å². The van der Waals surface area contributed by atoms with Crippen molar-refractivity contribution < 1.29 is 13.2 Å². The summed E-state index contributed by atoms with van der Waals surface area (Å²) >= 11 is 0. The van der Waals surface area contributed by atoms with E-state index in [4.69, 9.17) is 0 Å². The van der Waals surface area contributed by atoms with Gasteiger partial charge in [0.1, 0.15) is 5.75 Å². The van der Waals surface area contributed by atoms with E-state index in [1.807, 2.05) is 0 Å². The zero-order chi connectivity index (χ0) is 12.0. The monoisotopic (exact) mass is 246 g/mol. The molecule has 1 aliphatic heterocycles. The van der Waals surface area contributed by atoms with Crippen molar-refractivity contribution in [2.75, 3.05) is 31.6 Å². The molecule has 0 saturated heterocycles. The van der Waals surface area contributed by atoms with Crippen LogP contribution in [0.3, 0.4) is 0 Å². The van der Waals surface area contributed by atoms with Gasteiger partial charge in [-0.2, -0.15) is 0 Å². The molecule has 1 rings (SSSR count). The van der Waals surface area contributed by atoms with Gasteiger partial charge in [-0.25, -0.2) is 8.42 Å². The van der Waals surface area contributed by atoms with Crippen molar-refractivity contribution >= 4 is 15.7 Å². The van der Waals surface area contributed by atoms with Crippen molar-refractivity contribution in [2.24, 2.45) is 0 Å². The molecule has 0 aromatic rings. The minimum absolute atomic E-state index is 0.419. The predicted molar refractivity (Wildman–Crippen MR) is 62.9 cm³/mol. The first-order valence-electron chi connectivity index (χ1n) is 5.30. The highest BCUT2D eigenvalue weighted by atomic mass is 32.2. The van der Waals surface area contributed by atoms with Gasteiger partial charge in [-0.1, -0.05) is 11.6 Å². The summed E-state index contributed by atoms with van der Waals surface area (Å²) in [6.07, 6.45) is 4.98. The lowest BCUT2D eigenvalue weighted by atomic mass is 10.1. The highest BCUT2D eigenvalue weighted by Crippen LogP contribution is 2.07. The summed E-state index contributed by atoms with van der Waals surface area (Å²) in [7, 11) is -3.22. The molecule has 0 radical (unpaired) electrons. The number of rotatable bonds is 5. The summed E-state index contributed by atoms with van der Waals surface area (Å²) in [6.45, 7) is 2.37. The lowest BCUT2D eigenvalue weighted by Gasteiger charge is -2.14. The summed E-state index contributed by atoms with van der Waals surface area (Å²) in [6, 6.07) is 0. The molecule has 0 unspecified atom stereocenters. The molecule has 1 amide bonds. The number of sulfone groups is 1. The van der Waals surface area contributed by atoms with Crippen molar-refractivity contribution in [3.8, 4) is 0 Å². The Labute approximate surface area is 96.2 Å². The van der Waals surface area contributed by atoms with E-state index in [-0.39, 0.29) is 0 Å². The maximum atomic E-state index is 11.2. The van der Waals surface area contributed by atoms with Gasteiger partial charge in [0.2, 0.25) is 5.91 Å². The van der Waals surface area contributed by atoms with Gasteiger partial charge in [-0.05, 0) is 19.4 Å². The molecule has 0 atom stereocenters. The SMILES string of the molecule is CS(=O)(=O)CC(=O)NCCC1=CCNCC1. The fraction of sp³-hybridized carbons (Fsp3) is 0.700. The van der Waals surface area contributed by atoms with Crippen molar-refractivity contribution in [1.29, 1.82) is 0 Å². The van der Waals surface area contributed by atoms with Crippen LogP contribution < -0.4 is 10.6 Å². The van der Waals surface area contributed by atoms with Crippen LogP contribution in [0.4, 0.5) is 0 Å².